The Bertz CT molecular complexity index is 23.4. The fourth-order valence-corrected chi connectivity index (χ4v) is 0.204. The maximum Gasteiger partial charge on any atom is 1.00 e. The Morgan fingerprint density at radius 2 is 2.00 bits per heavy atom. The first-order chi connectivity index (χ1) is 2.81. The maximum absolute atomic E-state index is 3.76. The SMILES string of the molecule is [CH2-]CC(C)CC.[Li+]. The fourth-order valence-electron chi connectivity index (χ4n) is 0.204. The Morgan fingerprint density at radius 3 is 2.00 bits per heavy atom. The van der Waals surface area contributed by atoms with Crippen LogP contribution in [0, 0.1) is 12.8 Å². The Labute approximate surface area is 58.9 Å². The van der Waals surface area contributed by atoms with Gasteiger partial charge in [0.25, 0.3) is 0 Å². The molecule has 0 bridgehead atoms. The van der Waals surface area contributed by atoms with Crippen molar-refractivity contribution in [2.75, 3.05) is 0 Å². The summed E-state index contributed by atoms with van der Waals surface area (Å²) >= 11 is 0. The Kier molecular flexibility index (Phi) is 9.95. The second kappa shape index (κ2) is 6.60. The van der Waals surface area contributed by atoms with Gasteiger partial charge >= 0.3 is 18.9 Å². The van der Waals surface area contributed by atoms with Crippen molar-refractivity contribution < 1.29 is 18.9 Å². The van der Waals surface area contributed by atoms with E-state index in [4.69, 9.17) is 0 Å². The molecule has 7 heavy (non-hydrogen) atoms. The van der Waals surface area contributed by atoms with E-state index in [2.05, 4.69) is 20.8 Å². The van der Waals surface area contributed by atoms with Crippen LogP contribution in [-0.4, -0.2) is 0 Å². The molecule has 0 aliphatic rings. The number of hydrogen-bond donors (Lipinski definition) is 0. The summed E-state index contributed by atoms with van der Waals surface area (Å²) in [7, 11) is 0. The van der Waals surface area contributed by atoms with Gasteiger partial charge in [-0.05, 0) is 0 Å². The molecule has 0 saturated heterocycles. The molecule has 1 heteroatoms. The van der Waals surface area contributed by atoms with Gasteiger partial charge in [0.2, 0.25) is 0 Å². The average molecular weight is 92.1 g/mol. The van der Waals surface area contributed by atoms with Crippen molar-refractivity contribution in [3.05, 3.63) is 6.92 Å². The first-order valence-corrected chi connectivity index (χ1v) is 2.60. The van der Waals surface area contributed by atoms with Crippen molar-refractivity contribution in [1.82, 2.24) is 0 Å². The van der Waals surface area contributed by atoms with E-state index in [-0.39, 0.29) is 18.9 Å². The molecule has 0 fully saturated rings. The van der Waals surface area contributed by atoms with E-state index in [1.165, 1.54) is 6.42 Å². The molecule has 0 rings (SSSR count). The molecule has 0 radical (unpaired) electrons. The van der Waals surface area contributed by atoms with E-state index in [9.17, 15) is 0 Å². The van der Waals surface area contributed by atoms with Gasteiger partial charge in [-0.3, -0.25) is 0 Å². The minimum Gasteiger partial charge on any atom is -0.343 e. The molecular formula is C6H13Li. The number of rotatable bonds is 2. The van der Waals surface area contributed by atoms with Crippen LogP contribution in [0.4, 0.5) is 0 Å². The molecule has 38 valence electrons. The zero-order chi connectivity index (χ0) is 4.99. The summed E-state index contributed by atoms with van der Waals surface area (Å²) in [5.41, 5.74) is 0. The minimum atomic E-state index is 0. The van der Waals surface area contributed by atoms with Crippen LogP contribution in [0.2, 0.25) is 0 Å². The molecule has 0 aliphatic carbocycles. The third-order valence-corrected chi connectivity index (χ3v) is 1.19. The number of hydrogen-bond acceptors (Lipinski definition) is 0. The second-order valence-corrected chi connectivity index (χ2v) is 1.80. The fraction of sp³-hybridized carbons (Fsp3) is 0.833. The van der Waals surface area contributed by atoms with Gasteiger partial charge in [-0.2, -0.15) is 6.42 Å². The largest absolute Gasteiger partial charge is 1.00 e. The summed E-state index contributed by atoms with van der Waals surface area (Å²) < 4.78 is 0. The first-order valence-electron chi connectivity index (χ1n) is 2.60. The van der Waals surface area contributed by atoms with E-state index in [0.29, 0.717) is 0 Å². The molecule has 0 aliphatic heterocycles. The molecule has 0 saturated carbocycles. The van der Waals surface area contributed by atoms with Crippen molar-refractivity contribution in [3.8, 4) is 0 Å². The van der Waals surface area contributed by atoms with Gasteiger partial charge in [0.05, 0.1) is 0 Å². The standard InChI is InChI=1S/C6H13.Li/c1-4-6(3)5-2;/h6H,1,4-5H2,2-3H3;/q-1;+1. The van der Waals surface area contributed by atoms with Gasteiger partial charge in [0.15, 0.2) is 0 Å². The van der Waals surface area contributed by atoms with E-state index in [1.54, 1.807) is 0 Å². The summed E-state index contributed by atoms with van der Waals surface area (Å²) in [6.45, 7) is 8.16. The molecule has 0 nitrogen and oxygen atoms in total. The topological polar surface area (TPSA) is 0 Å². The molecule has 0 aromatic heterocycles. The molecule has 0 aromatic rings. The summed E-state index contributed by atoms with van der Waals surface area (Å²) in [6, 6.07) is 0. The Morgan fingerprint density at radius 1 is 1.57 bits per heavy atom. The van der Waals surface area contributed by atoms with Crippen LogP contribution in [0.1, 0.15) is 26.7 Å². The van der Waals surface area contributed by atoms with E-state index in [0.717, 1.165) is 12.3 Å². The second-order valence-electron chi connectivity index (χ2n) is 1.80. The van der Waals surface area contributed by atoms with Crippen LogP contribution in [0.3, 0.4) is 0 Å². The van der Waals surface area contributed by atoms with Crippen LogP contribution < -0.4 is 18.9 Å². The minimum absolute atomic E-state index is 0. The quantitative estimate of drug-likeness (QED) is 0.311. The van der Waals surface area contributed by atoms with Gasteiger partial charge in [-0.25, -0.2) is 0 Å². The molecule has 1 atom stereocenters. The predicted molar refractivity (Wildman–Crippen MR) is 29.4 cm³/mol. The Balaban J connectivity index is 0. The molecule has 1 unspecified atom stereocenters. The monoisotopic (exact) mass is 92.1 g/mol. The molecule has 0 amide bonds. The van der Waals surface area contributed by atoms with Crippen molar-refractivity contribution in [2.24, 2.45) is 5.92 Å². The van der Waals surface area contributed by atoms with Crippen LogP contribution in [0.25, 0.3) is 0 Å². The van der Waals surface area contributed by atoms with Gasteiger partial charge in [-0.1, -0.05) is 26.2 Å². The van der Waals surface area contributed by atoms with E-state index in [1.807, 2.05) is 0 Å². The molecule has 0 spiro atoms. The van der Waals surface area contributed by atoms with Crippen molar-refractivity contribution in [1.29, 1.82) is 0 Å². The van der Waals surface area contributed by atoms with Crippen molar-refractivity contribution in [3.63, 3.8) is 0 Å². The summed E-state index contributed by atoms with van der Waals surface area (Å²) in [5, 5.41) is 0. The van der Waals surface area contributed by atoms with Crippen molar-refractivity contribution in [2.45, 2.75) is 26.7 Å². The van der Waals surface area contributed by atoms with Crippen LogP contribution in [0.15, 0.2) is 0 Å². The first kappa shape index (κ1) is 10.6. The van der Waals surface area contributed by atoms with Crippen molar-refractivity contribution >= 4 is 0 Å². The van der Waals surface area contributed by atoms with Gasteiger partial charge in [0.1, 0.15) is 0 Å². The zero-order valence-electron chi connectivity index (χ0n) is 5.70. The van der Waals surface area contributed by atoms with E-state index < -0.39 is 0 Å². The van der Waals surface area contributed by atoms with E-state index >= 15 is 0 Å². The predicted octanol–water partition coefficient (Wildman–Crippen LogP) is -0.739. The molecular weight excluding hydrogens is 79.0 g/mol. The van der Waals surface area contributed by atoms with Crippen LogP contribution >= 0.6 is 0 Å². The third-order valence-electron chi connectivity index (χ3n) is 1.19. The maximum atomic E-state index is 3.76. The van der Waals surface area contributed by atoms with Crippen LogP contribution in [-0.2, 0) is 0 Å². The van der Waals surface area contributed by atoms with Gasteiger partial charge < -0.3 is 6.92 Å². The zero-order valence-corrected chi connectivity index (χ0v) is 5.70. The molecule has 0 N–H and O–H groups in total. The van der Waals surface area contributed by atoms with Crippen LogP contribution in [0.5, 0.6) is 0 Å². The van der Waals surface area contributed by atoms with Gasteiger partial charge in [-0.15, -0.1) is 0 Å². The average Bonchev–Trinajstić information content (AvgIpc) is 1.65. The normalized spacial score (nSPS) is 12.4. The molecule has 0 heterocycles. The third kappa shape index (κ3) is 6.60. The summed E-state index contributed by atoms with van der Waals surface area (Å²) in [4.78, 5) is 0. The molecule has 0 aromatic carbocycles. The summed E-state index contributed by atoms with van der Waals surface area (Å²) in [5.74, 6) is 0.824. The smallest absolute Gasteiger partial charge is 0.343 e. The van der Waals surface area contributed by atoms with Gasteiger partial charge in [0, 0.05) is 0 Å². The summed E-state index contributed by atoms with van der Waals surface area (Å²) in [6.07, 6.45) is 2.35. The Hall–Kier alpha value is 0.597.